The molecule has 6 heteroatoms. The van der Waals surface area contributed by atoms with Crippen LogP contribution in [-0.2, 0) is 9.53 Å². The molecular formula is C23H36O6. The number of rotatable bonds is 1. The SMILES string of the molecule is C[C@]12C(O)C[C@@H](O)C[C@H]1CC[C@@H]1[C@@H]2CC[C@]2(C)[C@@H](C3=CC(=O)OC3)CC[C@]12O.O. The first-order valence-electron chi connectivity index (χ1n) is 11.2. The fraction of sp³-hybridized carbons (Fsp3) is 0.870. The summed E-state index contributed by atoms with van der Waals surface area (Å²) < 4.78 is 5.18. The lowest BCUT2D eigenvalue weighted by Gasteiger charge is -2.64. The van der Waals surface area contributed by atoms with Gasteiger partial charge in [0, 0.05) is 11.5 Å². The highest BCUT2D eigenvalue weighted by Gasteiger charge is 2.68. The number of esters is 1. The van der Waals surface area contributed by atoms with E-state index in [4.69, 9.17) is 4.74 Å². The lowest BCUT2D eigenvalue weighted by Crippen LogP contribution is -2.65. The Balaban J connectivity index is 0.00000205. The molecule has 6 nitrogen and oxygen atoms in total. The van der Waals surface area contributed by atoms with Crippen LogP contribution in [0.5, 0.6) is 0 Å². The van der Waals surface area contributed by atoms with E-state index in [9.17, 15) is 20.1 Å². The van der Waals surface area contributed by atoms with Crippen LogP contribution in [0.1, 0.15) is 65.2 Å². The molecule has 0 saturated heterocycles. The molecule has 4 saturated carbocycles. The maximum atomic E-state index is 12.1. The van der Waals surface area contributed by atoms with Gasteiger partial charge in [0.25, 0.3) is 0 Å². The molecule has 1 aliphatic heterocycles. The van der Waals surface area contributed by atoms with Gasteiger partial charge >= 0.3 is 5.97 Å². The van der Waals surface area contributed by atoms with Crippen molar-refractivity contribution in [3.63, 3.8) is 0 Å². The summed E-state index contributed by atoms with van der Waals surface area (Å²) >= 11 is 0. The average Bonchev–Trinajstić information content (AvgIpc) is 3.17. The van der Waals surface area contributed by atoms with Gasteiger partial charge in [0.1, 0.15) is 6.61 Å². The van der Waals surface area contributed by atoms with Crippen molar-refractivity contribution in [2.75, 3.05) is 6.61 Å². The zero-order chi connectivity index (χ0) is 19.9. The predicted molar refractivity (Wildman–Crippen MR) is 107 cm³/mol. The molecule has 0 spiro atoms. The fourth-order valence-corrected chi connectivity index (χ4v) is 8.45. The Hall–Kier alpha value is -0.950. The number of fused-ring (bicyclic) bond motifs is 5. The zero-order valence-corrected chi connectivity index (χ0v) is 17.6. The molecule has 0 aromatic rings. The topological polar surface area (TPSA) is 118 Å². The molecule has 4 aliphatic carbocycles. The van der Waals surface area contributed by atoms with Gasteiger partial charge in [-0.3, -0.25) is 0 Å². The van der Waals surface area contributed by atoms with E-state index in [2.05, 4.69) is 13.8 Å². The van der Waals surface area contributed by atoms with E-state index in [0.717, 1.165) is 50.5 Å². The van der Waals surface area contributed by atoms with E-state index < -0.39 is 17.8 Å². The second-order valence-electron chi connectivity index (χ2n) is 10.8. The van der Waals surface area contributed by atoms with Crippen molar-refractivity contribution in [3.8, 4) is 0 Å². The number of cyclic esters (lactones) is 1. The number of aliphatic hydroxyl groups is 3. The van der Waals surface area contributed by atoms with Gasteiger partial charge in [0.15, 0.2) is 0 Å². The van der Waals surface area contributed by atoms with Gasteiger partial charge in [0.05, 0.1) is 17.8 Å². The van der Waals surface area contributed by atoms with Gasteiger partial charge < -0.3 is 25.5 Å². The Morgan fingerprint density at radius 3 is 2.48 bits per heavy atom. The molecule has 9 atom stereocenters. The van der Waals surface area contributed by atoms with Gasteiger partial charge in [0.2, 0.25) is 0 Å². The first kappa shape index (κ1) is 21.3. The largest absolute Gasteiger partial charge is 0.458 e. The van der Waals surface area contributed by atoms with Crippen molar-refractivity contribution in [2.24, 2.45) is 34.5 Å². The van der Waals surface area contributed by atoms with Crippen LogP contribution in [0.25, 0.3) is 0 Å². The van der Waals surface area contributed by atoms with E-state index in [1.54, 1.807) is 6.08 Å². The summed E-state index contributed by atoms with van der Waals surface area (Å²) in [5, 5.41) is 33.3. The van der Waals surface area contributed by atoms with Crippen LogP contribution in [0.4, 0.5) is 0 Å². The highest BCUT2D eigenvalue weighted by molar-refractivity contribution is 5.85. The van der Waals surface area contributed by atoms with E-state index in [-0.39, 0.29) is 34.1 Å². The third kappa shape index (κ3) is 2.65. The number of hydrogen-bond acceptors (Lipinski definition) is 5. The number of carbonyl (C=O) groups excluding carboxylic acids is 1. The molecular weight excluding hydrogens is 372 g/mol. The first-order chi connectivity index (χ1) is 13.2. The number of carbonyl (C=O) groups is 1. The van der Waals surface area contributed by atoms with Crippen molar-refractivity contribution in [2.45, 2.75) is 83.0 Å². The Morgan fingerprint density at radius 1 is 1.03 bits per heavy atom. The molecule has 0 bridgehead atoms. The highest BCUT2D eigenvalue weighted by Crippen LogP contribution is 2.69. The lowest BCUT2D eigenvalue weighted by molar-refractivity contribution is -0.231. The Kier molecular flexibility index (Phi) is 4.97. The molecule has 164 valence electrons. The van der Waals surface area contributed by atoms with Crippen LogP contribution < -0.4 is 0 Å². The standard InChI is InChI=1S/C23H34O5.H2O/c1-21-7-5-17-18(4-3-14-10-15(24)11-19(25)22(14,17)2)23(21,27)8-6-16(21)13-9-20(26)28-12-13;/h9,14-19,24-25,27H,3-8,10-12H2,1-2H3;1H2/t14-,15+,16-,17+,18-,19?,21-,22+,23+;/m1./s1. The molecule has 0 amide bonds. The summed E-state index contributed by atoms with van der Waals surface area (Å²) in [4.78, 5) is 11.6. The number of ether oxygens (including phenoxy) is 1. The van der Waals surface area contributed by atoms with Crippen LogP contribution in [-0.4, -0.2) is 51.2 Å². The molecule has 4 fully saturated rings. The van der Waals surface area contributed by atoms with Crippen LogP contribution >= 0.6 is 0 Å². The Bertz CT molecular complexity index is 720. The average molecular weight is 409 g/mol. The third-order valence-electron chi connectivity index (χ3n) is 10.1. The Morgan fingerprint density at radius 2 is 1.79 bits per heavy atom. The van der Waals surface area contributed by atoms with E-state index >= 15 is 0 Å². The van der Waals surface area contributed by atoms with Gasteiger partial charge in [-0.15, -0.1) is 0 Å². The van der Waals surface area contributed by atoms with Crippen LogP contribution in [0.15, 0.2) is 11.6 Å². The number of aliphatic hydroxyl groups excluding tert-OH is 2. The monoisotopic (exact) mass is 408 g/mol. The van der Waals surface area contributed by atoms with Gasteiger partial charge in [-0.2, -0.15) is 0 Å². The minimum atomic E-state index is -0.753. The third-order valence-corrected chi connectivity index (χ3v) is 10.1. The first-order valence-corrected chi connectivity index (χ1v) is 11.2. The van der Waals surface area contributed by atoms with Crippen molar-refractivity contribution < 1.29 is 30.3 Å². The predicted octanol–water partition coefficient (Wildman–Crippen LogP) is 1.75. The lowest BCUT2D eigenvalue weighted by atomic mass is 9.42. The molecule has 0 radical (unpaired) electrons. The van der Waals surface area contributed by atoms with E-state index in [1.165, 1.54) is 0 Å². The van der Waals surface area contributed by atoms with E-state index in [0.29, 0.717) is 24.9 Å². The molecule has 5 rings (SSSR count). The van der Waals surface area contributed by atoms with Crippen molar-refractivity contribution in [1.29, 1.82) is 0 Å². The molecule has 1 heterocycles. The summed E-state index contributed by atoms with van der Waals surface area (Å²) in [6.07, 6.45) is 7.52. The molecule has 0 aromatic carbocycles. The molecule has 5 aliphatic rings. The Labute approximate surface area is 172 Å². The number of hydrogen-bond donors (Lipinski definition) is 3. The minimum absolute atomic E-state index is 0. The molecule has 5 N–H and O–H groups in total. The van der Waals surface area contributed by atoms with Crippen LogP contribution in [0.2, 0.25) is 0 Å². The van der Waals surface area contributed by atoms with Gasteiger partial charge in [-0.25, -0.2) is 4.79 Å². The molecule has 1 unspecified atom stereocenters. The zero-order valence-electron chi connectivity index (χ0n) is 17.6. The van der Waals surface area contributed by atoms with Crippen molar-refractivity contribution >= 4 is 5.97 Å². The maximum Gasteiger partial charge on any atom is 0.331 e. The molecule has 0 aromatic heterocycles. The normalized spacial score (nSPS) is 53.8. The smallest absolute Gasteiger partial charge is 0.331 e. The van der Waals surface area contributed by atoms with Gasteiger partial charge in [-0.1, -0.05) is 13.8 Å². The molecule has 29 heavy (non-hydrogen) atoms. The summed E-state index contributed by atoms with van der Waals surface area (Å²) in [6, 6.07) is 0. The fourth-order valence-electron chi connectivity index (χ4n) is 8.45. The van der Waals surface area contributed by atoms with Crippen LogP contribution in [0.3, 0.4) is 0 Å². The summed E-state index contributed by atoms with van der Waals surface area (Å²) in [5.41, 5.74) is -0.154. The summed E-state index contributed by atoms with van der Waals surface area (Å²) in [7, 11) is 0. The minimum Gasteiger partial charge on any atom is -0.458 e. The quantitative estimate of drug-likeness (QED) is 0.571. The maximum absolute atomic E-state index is 12.1. The van der Waals surface area contributed by atoms with E-state index in [1.807, 2.05) is 0 Å². The van der Waals surface area contributed by atoms with Gasteiger partial charge in [-0.05, 0) is 86.0 Å². The summed E-state index contributed by atoms with van der Waals surface area (Å²) in [5.74, 6) is 0.761. The second kappa shape index (κ2) is 6.78. The van der Waals surface area contributed by atoms with Crippen LogP contribution in [0, 0.1) is 34.5 Å². The van der Waals surface area contributed by atoms with Crippen molar-refractivity contribution in [1.82, 2.24) is 0 Å². The second-order valence-corrected chi connectivity index (χ2v) is 10.8. The highest BCUT2D eigenvalue weighted by atomic mass is 16.5. The summed E-state index contributed by atoms with van der Waals surface area (Å²) in [6.45, 7) is 4.81. The van der Waals surface area contributed by atoms with Crippen molar-refractivity contribution in [3.05, 3.63) is 11.6 Å².